The van der Waals surface area contributed by atoms with E-state index in [2.05, 4.69) is 72.0 Å². The number of Topliss-reactive ketones (excluding diaryl/α,β-unsaturated/α-hetero) is 4. The molecule has 26 heteroatoms. The number of aryl methyl sites for hydroxylation is 2. The third kappa shape index (κ3) is 7.19. The number of hydrogen-bond donors (Lipinski definition) is 0. The standard InChI is InChI=1S/C43H30Br2N12O10S2/c1-17-13-21-27(29(44)37(17)66-68(62,63)39-25-19(9-7-11-23(25)50-54-46)33(58)35(60)31(39)52-56-48)43(15-41(21,3)4)16-42(5,6)22-14-18(2)38(30(45)28(22)43)67-69(64,65)40-26-20(10-8-12-24(26)51-55-47)34(59)36(61)32(40)53-57-49/h7-14H,15-16H2,1-6H3. The predicted octanol–water partition coefficient (Wildman–Crippen LogP) is 11.7. The number of allylic oxidation sites excluding steroid dienone is 2. The van der Waals surface area contributed by atoms with Gasteiger partial charge in [0.15, 0.2) is 11.5 Å². The number of rotatable bonds is 10. The van der Waals surface area contributed by atoms with Crippen LogP contribution < -0.4 is 8.37 Å². The van der Waals surface area contributed by atoms with E-state index in [0.717, 1.165) is 23.3 Å². The lowest BCUT2D eigenvalue weighted by Gasteiger charge is -2.32. The maximum absolute atomic E-state index is 14.7. The second-order valence-corrected chi connectivity index (χ2v) is 22.2. The number of fused-ring (bicyclic) bond motifs is 6. The third-order valence-corrected chi connectivity index (χ3v) is 16.6. The molecule has 0 amide bonds. The molecule has 4 aliphatic rings. The van der Waals surface area contributed by atoms with E-state index in [-0.39, 0.29) is 42.9 Å². The van der Waals surface area contributed by atoms with Crippen LogP contribution in [0.5, 0.6) is 11.5 Å². The Labute approximate surface area is 407 Å². The van der Waals surface area contributed by atoms with Crippen molar-refractivity contribution in [3.05, 3.63) is 166 Å². The van der Waals surface area contributed by atoms with E-state index in [1.54, 1.807) is 26.0 Å². The van der Waals surface area contributed by atoms with Crippen LogP contribution >= 0.6 is 31.9 Å². The van der Waals surface area contributed by atoms with Gasteiger partial charge in [0, 0.05) is 58.7 Å². The van der Waals surface area contributed by atoms with Crippen molar-refractivity contribution < 1.29 is 44.4 Å². The van der Waals surface area contributed by atoms with E-state index in [1.807, 2.05) is 27.7 Å². The maximum Gasteiger partial charge on any atom is 0.340 e. The molecule has 0 aliphatic heterocycles. The van der Waals surface area contributed by atoms with Crippen molar-refractivity contribution in [1.29, 1.82) is 0 Å². The summed E-state index contributed by atoms with van der Waals surface area (Å²) in [5, 5.41) is 13.7. The molecule has 1 spiro atoms. The summed E-state index contributed by atoms with van der Waals surface area (Å²) >= 11 is 7.38. The fraction of sp³-hybridized carbons (Fsp3) is 0.256. The van der Waals surface area contributed by atoms with Crippen LogP contribution in [0, 0.1) is 13.8 Å². The van der Waals surface area contributed by atoms with E-state index < -0.39 is 103 Å². The average molecular weight is 1100 g/mol. The molecule has 8 rings (SSSR count). The first kappa shape index (κ1) is 48.2. The van der Waals surface area contributed by atoms with Crippen LogP contribution in [-0.4, -0.2) is 40.0 Å². The fourth-order valence-electron chi connectivity index (χ4n) is 10.1. The van der Waals surface area contributed by atoms with Gasteiger partial charge < -0.3 is 8.37 Å². The molecule has 0 heterocycles. The van der Waals surface area contributed by atoms with Crippen molar-refractivity contribution in [2.45, 2.75) is 70.6 Å². The molecular formula is C43H30Br2N12O10S2. The first-order valence-corrected chi connectivity index (χ1v) is 24.5. The summed E-state index contributed by atoms with van der Waals surface area (Å²) in [7, 11) is -10.6. The minimum atomic E-state index is -5.30. The van der Waals surface area contributed by atoms with Crippen molar-refractivity contribution >= 4 is 96.4 Å². The van der Waals surface area contributed by atoms with E-state index >= 15 is 0 Å². The number of carbonyl (C=O) groups is 4. The number of ketones is 4. The quantitative estimate of drug-likeness (QED) is 0.0475. The Bertz CT molecular complexity index is 3470. The summed E-state index contributed by atoms with van der Waals surface area (Å²) in [4.78, 5) is 61.8. The molecule has 4 aromatic rings. The van der Waals surface area contributed by atoms with Gasteiger partial charge in [-0.1, -0.05) is 96.7 Å². The van der Waals surface area contributed by atoms with Crippen LogP contribution in [0.2, 0.25) is 0 Å². The zero-order chi connectivity index (χ0) is 50.5. The molecule has 0 bridgehead atoms. The van der Waals surface area contributed by atoms with E-state index in [1.165, 1.54) is 24.3 Å². The first-order valence-electron chi connectivity index (χ1n) is 20.1. The fourth-order valence-corrected chi connectivity index (χ4v) is 15.0. The highest BCUT2D eigenvalue weighted by atomic mass is 79.9. The Morgan fingerprint density at radius 3 is 1.25 bits per heavy atom. The smallest absolute Gasteiger partial charge is 0.340 e. The normalized spacial score (nSPS) is 18.6. The molecule has 0 saturated carbocycles. The third-order valence-electron chi connectivity index (χ3n) is 12.5. The minimum Gasteiger partial charge on any atom is -0.377 e. The largest absolute Gasteiger partial charge is 0.377 e. The summed E-state index contributed by atoms with van der Waals surface area (Å²) in [6.07, 6.45) is 0.677. The highest BCUT2D eigenvalue weighted by Crippen LogP contribution is 2.67. The van der Waals surface area contributed by atoms with Crippen LogP contribution in [0.25, 0.3) is 51.6 Å². The summed E-state index contributed by atoms with van der Waals surface area (Å²) < 4.78 is 71.1. The van der Waals surface area contributed by atoms with Gasteiger partial charge in [0.2, 0.25) is 23.1 Å². The molecule has 0 unspecified atom stereocenters. The molecule has 69 heavy (non-hydrogen) atoms. The Balaban J connectivity index is 1.35. The van der Waals surface area contributed by atoms with Crippen LogP contribution in [-0.2, 0) is 46.1 Å². The zero-order valence-electron chi connectivity index (χ0n) is 36.6. The van der Waals surface area contributed by atoms with Gasteiger partial charge in [0.05, 0.1) is 8.95 Å². The van der Waals surface area contributed by atoms with Gasteiger partial charge in [0.1, 0.15) is 21.2 Å². The van der Waals surface area contributed by atoms with E-state index in [0.29, 0.717) is 24.0 Å². The van der Waals surface area contributed by atoms with Crippen LogP contribution in [0.4, 0.5) is 11.4 Å². The number of halogens is 2. The van der Waals surface area contributed by atoms with Gasteiger partial charge in [-0.15, -0.1) is 0 Å². The molecule has 4 aromatic carbocycles. The summed E-state index contributed by atoms with van der Waals surface area (Å²) in [6.45, 7) is 11.0. The molecule has 0 N–H and O–H groups in total. The maximum atomic E-state index is 14.7. The second-order valence-electron chi connectivity index (χ2n) is 17.6. The molecule has 0 radical (unpaired) electrons. The van der Waals surface area contributed by atoms with Crippen LogP contribution in [0.3, 0.4) is 0 Å². The molecule has 0 saturated heterocycles. The van der Waals surface area contributed by atoms with Gasteiger partial charge in [-0.25, -0.2) is 0 Å². The lowest BCUT2D eigenvalue weighted by Crippen LogP contribution is -2.29. The van der Waals surface area contributed by atoms with Crippen molar-refractivity contribution in [2.24, 2.45) is 20.5 Å². The topological polar surface area (TPSA) is 350 Å². The van der Waals surface area contributed by atoms with Crippen LogP contribution in [0.15, 0.2) is 89.3 Å². The molecule has 0 fully saturated rings. The summed E-state index contributed by atoms with van der Waals surface area (Å²) in [5.41, 5.74) is 33.3. The highest BCUT2D eigenvalue weighted by Gasteiger charge is 2.59. The number of azide groups is 4. The van der Waals surface area contributed by atoms with Crippen molar-refractivity contribution in [3.8, 4) is 11.5 Å². The van der Waals surface area contributed by atoms with Gasteiger partial charge in [-0.05, 0) is 125 Å². The van der Waals surface area contributed by atoms with E-state index in [9.17, 15) is 58.1 Å². The Hall–Kier alpha value is -7.26. The monoisotopic (exact) mass is 1100 g/mol. The summed E-state index contributed by atoms with van der Waals surface area (Å²) in [5.74, 6) is -5.91. The number of benzene rings is 4. The average Bonchev–Trinajstić information content (AvgIpc) is 3.63. The lowest BCUT2D eigenvalue weighted by atomic mass is 9.72. The summed E-state index contributed by atoms with van der Waals surface area (Å²) in [6, 6.07) is 10.7. The predicted molar refractivity (Wildman–Crippen MR) is 254 cm³/mol. The van der Waals surface area contributed by atoms with Crippen LogP contribution in [0.1, 0.15) is 106 Å². The second kappa shape index (κ2) is 16.5. The minimum absolute atomic E-state index is 0.127. The molecule has 0 atom stereocenters. The first-order chi connectivity index (χ1) is 32.3. The van der Waals surface area contributed by atoms with Gasteiger partial charge in [-0.2, -0.15) is 16.8 Å². The number of carbonyl (C=O) groups excluding carboxylic acids is 4. The van der Waals surface area contributed by atoms with E-state index in [4.69, 9.17) is 8.37 Å². The SMILES string of the molecule is Cc1cc2c(c(Br)c1OS(=O)(=O)C1=C(N=[N+]=[N-])C(=O)C(=O)c3cccc(N=[N+]=[N-])c31)C1(CC2(C)C)CC(C)(C)c2cc(C)c(OS(=O)(=O)C3=C(N=[N+]=[N-])C(=O)C(=O)c4cccc(N=[N+]=[N-])c43)c(Br)c21. The van der Waals surface area contributed by atoms with Crippen molar-refractivity contribution in [1.82, 2.24) is 0 Å². The number of nitrogens with zero attached hydrogens (tertiary/aromatic N) is 12. The highest BCUT2D eigenvalue weighted by molar-refractivity contribution is 9.11. The lowest BCUT2D eigenvalue weighted by molar-refractivity contribution is -0.112. The Morgan fingerprint density at radius 1 is 0.565 bits per heavy atom. The molecule has 22 nitrogen and oxygen atoms in total. The van der Waals surface area contributed by atoms with Gasteiger partial charge in [0.25, 0.3) is 0 Å². The molecular weight excluding hydrogens is 1070 g/mol. The molecule has 4 aliphatic carbocycles. The van der Waals surface area contributed by atoms with Gasteiger partial charge >= 0.3 is 20.2 Å². The Morgan fingerprint density at radius 2 is 0.913 bits per heavy atom. The van der Waals surface area contributed by atoms with Crippen molar-refractivity contribution in [2.75, 3.05) is 0 Å². The Kier molecular flexibility index (Phi) is 11.5. The van der Waals surface area contributed by atoms with Crippen molar-refractivity contribution in [3.63, 3.8) is 0 Å². The molecule has 348 valence electrons. The molecule has 0 aromatic heterocycles. The zero-order valence-corrected chi connectivity index (χ0v) is 41.4. The van der Waals surface area contributed by atoms with Gasteiger partial charge in [-0.3, -0.25) is 19.2 Å². The number of hydrogen-bond acceptors (Lipinski definition) is 14.